The van der Waals surface area contributed by atoms with E-state index in [1.165, 1.54) is 36.8 Å². The molecule has 1 aliphatic carbocycles. The molecule has 4 atom stereocenters. The predicted octanol–water partition coefficient (Wildman–Crippen LogP) is 3.03. The first-order chi connectivity index (χ1) is 10.2. The topological polar surface area (TPSA) is 38.5 Å². The Bertz CT molecular complexity index is 455. The van der Waals surface area contributed by atoms with E-state index in [1.54, 1.807) is 0 Å². The van der Waals surface area contributed by atoms with Gasteiger partial charge in [-0.05, 0) is 32.3 Å². The van der Waals surface area contributed by atoms with Crippen LogP contribution in [-0.2, 0) is 4.74 Å². The van der Waals surface area contributed by atoms with Crippen molar-refractivity contribution in [3.05, 3.63) is 35.4 Å². The molecule has 2 N–H and O–H groups in total. The molecule has 3 heteroatoms. The zero-order chi connectivity index (χ0) is 14.8. The monoisotopic (exact) mass is 288 g/mol. The van der Waals surface area contributed by atoms with E-state index >= 15 is 0 Å². The lowest BCUT2D eigenvalue weighted by molar-refractivity contribution is -0.106. The van der Waals surface area contributed by atoms with E-state index < -0.39 is 0 Å². The summed E-state index contributed by atoms with van der Waals surface area (Å²) in [5, 5.41) is 0. The quantitative estimate of drug-likeness (QED) is 0.929. The first kappa shape index (κ1) is 15.0. The summed E-state index contributed by atoms with van der Waals surface area (Å²) in [5.74, 6) is 0. The summed E-state index contributed by atoms with van der Waals surface area (Å²) in [4.78, 5) is 2.63. The van der Waals surface area contributed by atoms with Gasteiger partial charge in [0.2, 0.25) is 0 Å². The SMILES string of the molecule is Cc1ccc(C(C(C)N)N2CCOC3CCCCC32)cc1. The van der Waals surface area contributed by atoms with Crippen LogP contribution in [0.1, 0.15) is 49.8 Å². The molecule has 3 rings (SSSR count). The third-order valence-electron chi connectivity index (χ3n) is 5.05. The van der Waals surface area contributed by atoms with Gasteiger partial charge in [-0.3, -0.25) is 4.90 Å². The fraction of sp³-hybridized carbons (Fsp3) is 0.667. The maximum absolute atomic E-state index is 6.38. The van der Waals surface area contributed by atoms with Crippen molar-refractivity contribution in [2.45, 2.75) is 63.8 Å². The second-order valence-electron chi connectivity index (χ2n) is 6.71. The van der Waals surface area contributed by atoms with E-state index in [1.807, 2.05) is 0 Å². The fourth-order valence-corrected chi connectivity index (χ4v) is 4.03. The normalized spacial score (nSPS) is 29.7. The van der Waals surface area contributed by atoms with Crippen molar-refractivity contribution in [3.63, 3.8) is 0 Å². The summed E-state index contributed by atoms with van der Waals surface area (Å²) >= 11 is 0. The maximum atomic E-state index is 6.38. The number of morpholine rings is 1. The molecular weight excluding hydrogens is 260 g/mol. The van der Waals surface area contributed by atoms with E-state index in [9.17, 15) is 0 Å². The number of rotatable bonds is 3. The number of fused-ring (bicyclic) bond motifs is 1. The molecule has 1 aromatic rings. The average Bonchev–Trinajstić information content (AvgIpc) is 2.49. The van der Waals surface area contributed by atoms with Gasteiger partial charge in [0.25, 0.3) is 0 Å². The lowest BCUT2D eigenvalue weighted by atomic mass is 9.87. The Kier molecular flexibility index (Phi) is 4.63. The van der Waals surface area contributed by atoms with Crippen LogP contribution in [0.3, 0.4) is 0 Å². The second kappa shape index (κ2) is 6.47. The van der Waals surface area contributed by atoms with Gasteiger partial charge in [-0.15, -0.1) is 0 Å². The highest BCUT2D eigenvalue weighted by Gasteiger charge is 2.39. The third-order valence-corrected chi connectivity index (χ3v) is 5.05. The summed E-state index contributed by atoms with van der Waals surface area (Å²) in [7, 11) is 0. The van der Waals surface area contributed by atoms with Crippen molar-refractivity contribution in [1.29, 1.82) is 0 Å². The number of ether oxygens (including phenoxy) is 1. The molecule has 3 nitrogen and oxygen atoms in total. The first-order valence-corrected chi connectivity index (χ1v) is 8.36. The van der Waals surface area contributed by atoms with Crippen LogP contribution in [0.2, 0.25) is 0 Å². The molecule has 0 aromatic heterocycles. The summed E-state index contributed by atoms with van der Waals surface area (Å²) in [5.41, 5.74) is 9.03. The molecule has 2 aliphatic rings. The third kappa shape index (κ3) is 3.15. The Morgan fingerprint density at radius 2 is 1.90 bits per heavy atom. The van der Waals surface area contributed by atoms with Gasteiger partial charge < -0.3 is 10.5 Å². The van der Waals surface area contributed by atoms with Crippen LogP contribution >= 0.6 is 0 Å². The molecule has 0 spiro atoms. The molecule has 1 saturated heterocycles. The lowest BCUT2D eigenvalue weighted by Gasteiger charge is -2.48. The van der Waals surface area contributed by atoms with Crippen LogP contribution in [0, 0.1) is 6.92 Å². The van der Waals surface area contributed by atoms with Gasteiger partial charge in [-0.2, -0.15) is 0 Å². The minimum Gasteiger partial charge on any atom is -0.375 e. The van der Waals surface area contributed by atoms with Gasteiger partial charge in [0, 0.05) is 18.6 Å². The molecular formula is C18H28N2O. The Hall–Kier alpha value is -0.900. The summed E-state index contributed by atoms with van der Waals surface area (Å²) in [6.07, 6.45) is 5.50. The van der Waals surface area contributed by atoms with Crippen LogP contribution in [0.25, 0.3) is 0 Å². The summed E-state index contributed by atoms with van der Waals surface area (Å²) in [6.45, 7) is 6.12. The highest BCUT2D eigenvalue weighted by Crippen LogP contribution is 2.35. The Labute approximate surface area is 128 Å². The smallest absolute Gasteiger partial charge is 0.0731 e. The van der Waals surface area contributed by atoms with Crippen molar-refractivity contribution in [2.75, 3.05) is 13.2 Å². The van der Waals surface area contributed by atoms with Crippen LogP contribution in [-0.4, -0.2) is 36.2 Å². The van der Waals surface area contributed by atoms with Gasteiger partial charge >= 0.3 is 0 Å². The van der Waals surface area contributed by atoms with Crippen molar-refractivity contribution < 1.29 is 4.74 Å². The Balaban J connectivity index is 1.87. The first-order valence-electron chi connectivity index (χ1n) is 8.36. The zero-order valence-electron chi connectivity index (χ0n) is 13.3. The van der Waals surface area contributed by atoms with E-state index in [0.29, 0.717) is 18.2 Å². The molecule has 1 aromatic carbocycles. The molecule has 0 radical (unpaired) electrons. The minimum absolute atomic E-state index is 0.133. The molecule has 21 heavy (non-hydrogen) atoms. The molecule has 1 heterocycles. The molecule has 0 bridgehead atoms. The Morgan fingerprint density at radius 3 is 2.62 bits per heavy atom. The predicted molar refractivity (Wildman–Crippen MR) is 86.3 cm³/mol. The number of nitrogens with zero attached hydrogens (tertiary/aromatic N) is 1. The van der Waals surface area contributed by atoms with E-state index in [0.717, 1.165) is 13.2 Å². The van der Waals surface area contributed by atoms with Gasteiger partial charge in [0.1, 0.15) is 0 Å². The largest absolute Gasteiger partial charge is 0.375 e. The highest BCUT2D eigenvalue weighted by molar-refractivity contribution is 5.25. The number of aryl methyl sites for hydroxylation is 1. The van der Waals surface area contributed by atoms with Gasteiger partial charge in [0.15, 0.2) is 0 Å². The molecule has 0 amide bonds. The fourth-order valence-electron chi connectivity index (χ4n) is 4.03. The van der Waals surface area contributed by atoms with E-state index in [4.69, 9.17) is 10.5 Å². The summed E-state index contributed by atoms with van der Waals surface area (Å²) in [6, 6.07) is 9.87. The number of hydrogen-bond acceptors (Lipinski definition) is 3. The standard InChI is InChI=1S/C18H28N2O/c1-13-7-9-15(10-8-13)18(14(2)19)20-11-12-21-17-6-4-3-5-16(17)20/h7-10,14,16-18H,3-6,11-12,19H2,1-2H3. The molecule has 1 saturated carbocycles. The average molecular weight is 288 g/mol. The molecule has 2 fully saturated rings. The number of nitrogens with two attached hydrogens (primary N) is 1. The van der Waals surface area contributed by atoms with Crippen molar-refractivity contribution in [2.24, 2.45) is 5.73 Å². The maximum Gasteiger partial charge on any atom is 0.0731 e. The Morgan fingerprint density at radius 1 is 1.19 bits per heavy atom. The second-order valence-corrected chi connectivity index (χ2v) is 6.71. The zero-order valence-corrected chi connectivity index (χ0v) is 13.3. The van der Waals surface area contributed by atoms with Crippen molar-refractivity contribution in [1.82, 2.24) is 4.90 Å². The van der Waals surface area contributed by atoms with Crippen LogP contribution in [0.15, 0.2) is 24.3 Å². The summed E-state index contributed by atoms with van der Waals surface area (Å²) < 4.78 is 6.01. The highest BCUT2D eigenvalue weighted by atomic mass is 16.5. The van der Waals surface area contributed by atoms with Crippen molar-refractivity contribution in [3.8, 4) is 0 Å². The van der Waals surface area contributed by atoms with Gasteiger partial charge in [-0.25, -0.2) is 0 Å². The van der Waals surface area contributed by atoms with E-state index in [-0.39, 0.29) is 6.04 Å². The van der Waals surface area contributed by atoms with E-state index in [2.05, 4.69) is 43.0 Å². The van der Waals surface area contributed by atoms with Crippen LogP contribution in [0.4, 0.5) is 0 Å². The molecule has 1 aliphatic heterocycles. The van der Waals surface area contributed by atoms with Gasteiger partial charge in [-0.1, -0.05) is 42.7 Å². The number of benzene rings is 1. The van der Waals surface area contributed by atoms with Gasteiger partial charge in [0.05, 0.1) is 18.8 Å². The number of hydrogen-bond donors (Lipinski definition) is 1. The minimum atomic E-state index is 0.133. The van der Waals surface area contributed by atoms with Crippen LogP contribution < -0.4 is 5.73 Å². The lowest BCUT2D eigenvalue weighted by Crippen LogP contribution is -2.56. The van der Waals surface area contributed by atoms with Crippen molar-refractivity contribution >= 4 is 0 Å². The molecule has 4 unspecified atom stereocenters. The molecule has 116 valence electrons. The van der Waals surface area contributed by atoms with Crippen LogP contribution in [0.5, 0.6) is 0 Å².